The van der Waals surface area contributed by atoms with Gasteiger partial charge in [-0.25, -0.2) is 0 Å². The molecular formula is C14H21NO. The summed E-state index contributed by atoms with van der Waals surface area (Å²) in [5.41, 5.74) is 2.95. The van der Waals surface area contributed by atoms with Crippen molar-refractivity contribution < 1.29 is 4.74 Å². The van der Waals surface area contributed by atoms with E-state index in [1.807, 2.05) is 0 Å². The van der Waals surface area contributed by atoms with E-state index >= 15 is 0 Å². The van der Waals surface area contributed by atoms with E-state index in [4.69, 9.17) is 4.74 Å². The highest BCUT2D eigenvalue weighted by molar-refractivity contribution is 5.50. The van der Waals surface area contributed by atoms with Crippen LogP contribution in [-0.4, -0.2) is 26.3 Å². The largest absolute Gasteiger partial charge is 0.378 e. The van der Waals surface area contributed by atoms with Crippen LogP contribution in [0.15, 0.2) is 24.3 Å². The van der Waals surface area contributed by atoms with Crippen LogP contribution in [0, 0.1) is 0 Å². The van der Waals surface area contributed by atoms with Crippen LogP contribution >= 0.6 is 0 Å². The Morgan fingerprint density at radius 3 is 2.44 bits per heavy atom. The zero-order valence-corrected chi connectivity index (χ0v) is 10.5. The maximum absolute atomic E-state index is 5.38. The van der Waals surface area contributed by atoms with Crippen molar-refractivity contribution in [3.63, 3.8) is 0 Å². The highest BCUT2D eigenvalue weighted by atomic mass is 16.5. The van der Waals surface area contributed by atoms with Gasteiger partial charge in [0.1, 0.15) is 0 Å². The van der Waals surface area contributed by atoms with Gasteiger partial charge in [-0.05, 0) is 23.1 Å². The molecule has 0 aliphatic carbocycles. The molecule has 2 nitrogen and oxygen atoms in total. The molecule has 1 saturated heterocycles. The van der Waals surface area contributed by atoms with Crippen molar-refractivity contribution in [2.75, 3.05) is 31.2 Å². The summed E-state index contributed by atoms with van der Waals surface area (Å²) >= 11 is 0. The molecule has 1 heterocycles. The molecule has 1 aliphatic heterocycles. The summed E-state index contributed by atoms with van der Waals surface area (Å²) in [6.45, 7) is 10.5. The van der Waals surface area contributed by atoms with Gasteiger partial charge in [-0.15, -0.1) is 0 Å². The molecule has 0 spiro atoms. The van der Waals surface area contributed by atoms with Crippen LogP contribution in [-0.2, 0) is 10.2 Å². The van der Waals surface area contributed by atoms with Crippen LogP contribution < -0.4 is 4.90 Å². The lowest BCUT2D eigenvalue weighted by molar-refractivity contribution is 0.122. The number of hydrogen-bond donors (Lipinski definition) is 0. The van der Waals surface area contributed by atoms with Crippen molar-refractivity contribution in [3.05, 3.63) is 29.8 Å². The first-order valence-electron chi connectivity index (χ1n) is 6.00. The first-order valence-corrected chi connectivity index (χ1v) is 6.00. The Kier molecular flexibility index (Phi) is 3.20. The van der Waals surface area contributed by atoms with Gasteiger partial charge in [-0.1, -0.05) is 32.9 Å². The van der Waals surface area contributed by atoms with Crippen LogP contribution in [0.3, 0.4) is 0 Å². The van der Waals surface area contributed by atoms with E-state index in [1.54, 1.807) is 0 Å². The zero-order chi connectivity index (χ0) is 11.6. The van der Waals surface area contributed by atoms with Gasteiger partial charge < -0.3 is 9.64 Å². The number of benzene rings is 1. The molecule has 0 aromatic heterocycles. The second-order valence-corrected chi connectivity index (χ2v) is 5.40. The highest BCUT2D eigenvalue weighted by Gasteiger charge is 2.16. The number of rotatable bonds is 1. The molecule has 2 heteroatoms. The standard InChI is InChI=1S/C14H21NO/c1-14(2,3)12-5-4-6-13(11-12)15-7-9-16-10-8-15/h4-6,11H,7-10H2,1-3H3. The van der Waals surface area contributed by atoms with Gasteiger partial charge in [0.05, 0.1) is 13.2 Å². The Bertz CT molecular complexity index is 348. The number of morpholine rings is 1. The van der Waals surface area contributed by atoms with Crippen LogP contribution in [0.5, 0.6) is 0 Å². The smallest absolute Gasteiger partial charge is 0.0642 e. The summed E-state index contributed by atoms with van der Waals surface area (Å²) in [5.74, 6) is 0. The molecule has 0 saturated carbocycles. The second kappa shape index (κ2) is 4.46. The van der Waals surface area contributed by atoms with E-state index < -0.39 is 0 Å². The lowest BCUT2D eigenvalue weighted by Crippen LogP contribution is -2.36. The Morgan fingerprint density at radius 1 is 1.12 bits per heavy atom. The molecule has 0 atom stereocenters. The molecule has 0 N–H and O–H groups in total. The van der Waals surface area contributed by atoms with Gasteiger partial charge >= 0.3 is 0 Å². The summed E-state index contributed by atoms with van der Waals surface area (Å²) in [7, 11) is 0. The minimum absolute atomic E-state index is 0.225. The third kappa shape index (κ3) is 2.56. The lowest BCUT2D eigenvalue weighted by atomic mass is 9.87. The van der Waals surface area contributed by atoms with Crippen molar-refractivity contribution in [3.8, 4) is 0 Å². The SMILES string of the molecule is CC(C)(C)c1cccc(N2CCOCC2)c1. The minimum atomic E-state index is 0.225. The molecular weight excluding hydrogens is 198 g/mol. The molecule has 0 unspecified atom stereocenters. The van der Waals surface area contributed by atoms with E-state index in [-0.39, 0.29) is 5.41 Å². The summed E-state index contributed by atoms with van der Waals surface area (Å²) in [6.07, 6.45) is 0. The average Bonchev–Trinajstić information content (AvgIpc) is 2.29. The van der Waals surface area contributed by atoms with Gasteiger partial charge in [0, 0.05) is 18.8 Å². The van der Waals surface area contributed by atoms with Gasteiger partial charge in [-0.3, -0.25) is 0 Å². The normalized spacial score (nSPS) is 17.6. The third-order valence-corrected chi connectivity index (χ3v) is 3.09. The molecule has 0 bridgehead atoms. The van der Waals surface area contributed by atoms with Crippen molar-refractivity contribution in [2.24, 2.45) is 0 Å². The average molecular weight is 219 g/mol. The number of ether oxygens (including phenoxy) is 1. The van der Waals surface area contributed by atoms with E-state index in [0.717, 1.165) is 26.3 Å². The molecule has 1 fully saturated rings. The monoisotopic (exact) mass is 219 g/mol. The Morgan fingerprint density at radius 2 is 1.81 bits per heavy atom. The quantitative estimate of drug-likeness (QED) is 0.720. The van der Waals surface area contributed by atoms with E-state index in [2.05, 4.69) is 49.9 Å². The van der Waals surface area contributed by atoms with Gasteiger partial charge in [0.25, 0.3) is 0 Å². The van der Waals surface area contributed by atoms with E-state index in [0.29, 0.717) is 0 Å². The van der Waals surface area contributed by atoms with Crippen molar-refractivity contribution in [1.29, 1.82) is 0 Å². The summed E-state index contributed by atoms with van der Waals surface area (Å²) in [4.78, 5) is 2.40. The van der Waals surface area contributed by atoms with Crippen LogP contribution in [0.4, 0.5) is 5.69 Å². The molecule has 1 aliphatic rings. The third-order valence-electron chi connectivity index (χ3n) is 3.09. The highest BCUT2D eigenvalue weighted by Crippen LogP contribution is 2.26. The molecule has 1 aromatic rings. The molecule has 0 amide bonds. The summed E-state index contributed by atoms with van der Waals surface area (Å²) in [5, 5.41) is 0. The van der Waals surface area contributed by atoms with Crippen molar-refractivity contribution in [2.45, 2.75) is 26.2 Å². The Balaban J connectivity index is 2.21. The first-order chi connectivity index (χ1) is 7.57. The first kappa shape index (κ1) is 11.5. The van der Waals surface area contributed by atoms with Crippen molar-refractivity contribution >= 4 is 5.69 Å². The predicted octanol–water partition coefficient (Wildman–Crippen LogP) is 2.82. The zero-order valence-electron chi connectivity index (χ0n) is 10.5. The Hall–Kier alpha value is -1.02. The van der Waals surface area contributed by atoms with E-state index in [9.17, 15) is 0 Å². The van der Waals surface area contributed by atoms with Crippen LogP contribution in [0.1, 0.15) is 26.3 Å². The molecule has 16 heavy (non-hydrogen) atoms. The van der Waals surface area contributed by atoms with Gasteiger partial charge in [0.15, 0.2) is 0 Å². The summed E-state index contributed by atoms with van der Waals surface area (Å²) in [6, 6.07) is 8.88. The fourth-order valence-corrected chi connectivity index (χ4v) is 1.99. The predicted molar refractivity (Wildman–Crippen MR) is 68.2 cm³/mol. The number of hydrogen-bond acceptors (Lipinski definition) is 2. The minimum Gasteiger partial charge on any atom is -0.378 e. The Labute approximate surface area is 98.2 Å². The van der Waals surface area contributed by atoms with Crippen molar-refractivity contribution in [1.82, 2.24) is 0 Å². The topological polar surface area (TPSA) is 12.5 Å². The van der Waals surface area contributed by atoms with Gasteiger partial charge in [-0.2, -0.15) is 0 Å². The van der Waals surface area contributed by atoms with E-state index in [1.165, 1.54) is 11.3 Å². The van der Waals surface area contributed by atoms with Gasteiger partial charge in [0.2, 0.25) is 0 Å². The molecule has 88 valence electrons. The summed E-state index contributed by atoms with van der Waals surface area (Å²) < 4.78 is 5.38. The maximum atomic E-state index is 5.38. The molecule has 0 radical (unpaired) electrons. The fraction of sp³-hybridized carbons (Fsp3) is 0.571. The fourth-order valence-electron chi connectivity index (χ4n) is 1.99. The van der Waals surface area contributed by atoms with Crippen LogP contribution in [0.25, 0.3) is 0 Å². The second-order valence-electron chi connectivity index (χ2n) is 5.40. The molecule has 2 rings (SSSR count). The van der Waals surface area contributed by atoms with Crippen LogP contribution in [0.2, 0.25) is 0 Å². The number of nitrogens with zero attached hydrogens (tertiary/aromatic N) is 1. The number of anilines is 1. The maximum Gasteiger partial charge on any atom is 0.0642 e. The lowest BCUT2D eigenvalue weighted by Gasteiger charge is -2.30. The molecule has 1 aromatic carbocycles.